The molecule has 0 fully saturated rings. The number of nitrogens with one attached hydrogen (secondary N) is 2. The molecule has 0 bridgehead atoms. The van der Waals surface area contributed by atoms with E-state index in [0.29, 0.717) is 19.6 Å². The number of unbranched alkanes of at least 4 members (excludes halogenated alkanes) is 1. The van der Waals surface area contributed by atoms with Gasteiger partial charge in [-0.2, -0.15) is 0 Å². The van der Waals surface area contributed by atoms with E-state index in [1.807, 2.05) is 6.92 Å². The third-order valence-electron chi connectivity index (χ3n) is 2.92. The number of nitrogens with two attached hydrogens (primary N) is 1. The summed E-state index contributed by atoms with van der Waals surface area (Å²) in [5.74, 6) is -0.951. The fourth-order valence-electron chi connectivity index (χ4n) is 1.59. The average molecular weight is 326 g/mol. The van der Waals surface area contributed by atoms with Gasteiger partial charge in [-0.15, -0.1) is 12.4 Å². The molecule has 1 unspecified atom stereocenters. The predicted octanol–water partition coefficient (Wildman–Crippen LogP) is -0.446. The van der Waals surface area contributed by atoms with E-state index in [-0.39, 0.29) is 18.3 Å². The van der Waals surface area contributed by atoms with Gasteiger partial charge in [0.1, 0.15) is 12.1 Å². The van der Waals surface area contributed by atoms with Gasteiger partial charge in [-0.1, -0.05) is 19.8 Å². The third kappa shape index (κ3) is 9.62. The highest BCUT2D eigenvalue weighted by atomic mass is 35.5. The molecule has 0 aromatic carbocycles. The summed E-state index contributed by atoms with van der Waals surface area (Å²) in [5, 5.41) is 14.8. The van der Waals surface area contributed by atoms with Crippen LogP contribution in [0.2, 0.25) is 0 Å². The molecule has 126 valence electrons. The van der Waals surface area contributed by atoms with Crippen LogP contribution >= 0.6 is 12.4 Å². The Labute approximate surface area is 132 Å². The van der Waals surface area contributed by atoms with Crippen molar-refractivity contribution in [2.24, 2.45) is 5.73 Å². The molecule has 0 heterocycles. The van der Waals surface area contributed by atoms with Crippen molar-refractivity contribution >= 4 is 24.2 Å². The summed E-state index contributed by atoms with van der Waals surface area (Å²) in [7, 11) is 1.53. The SMILES string of the molecule is CCCC[C@H](N)C(O)C(=O)N[C@@H](C)C(=O)NCCOC.Cl. The lowest BCUT2D eigenvalue weighted by atomic mass is 10.0. The fourth-order valence-corrected chi connectivity index (χ4v) is 1.59. The lowest BCUT2D eigenvalue weighted by Gasteiger charge is -2.20. The zero-order chi connectivity index (χ0) is 15.5. The first-order valence-corrected chi connectivity index (χ1v) is 6.94. The van der Waals surface area contributed by atoms with Gasteiger partial charge in [-0.05, 0) is 13.3 Å². The molecule has 7 nitrogen and oxygen atoms in total. The number of carbonyl (C=O) groups excluding carboxylic acids is 2. The number of hydrogen-bond acceptors (Lipinski definition) is 5. The first-order valence-electron chi connectivity index (χ1n) is 6.94. The van der Waals surface area contributed by atoms with Crippen LogP contribution in [0.3, 0.4) is 0 Å². The van der Waals surface area contributed by atoms with Gasteiger partial charge >= 0.3 is 0 Å². The van der Waals surface area contributed by atoms with E-state index in [1.54, 1.807) is 6.92 Å². The lowest BCUT2D eigenvalue weighted by molar-refractivity contribution is -0.134. The van der Waals surface area contributed by atoms with Crippen molar-refractivity contribution in [3.63, 3.8) is 0 Å². The number of hydrogen-bond donors (Lipinski definition) is 4. The number of ether oxygens (including phenoxy) is 1. The van der Waals surface area contributed by atoms with Crippen molar-refractivity contribution < 1.29 is 19.4 Å². The van der Waals surface area contributed by atoms with E-state index in [4.69, 9.17) is 10.5 Å². The zero-order valence-corrected chi connectivity index (χ0v) is 13.7. The van der Waals surface area contributed by atoms with Crippen LogP contribution in [0.25, 0.3) is 0 Å². The van der Waals surface area contributed by atoms with Gasteiger partial charge in [-0.25, -0.2) is 0 Å². The molecule has 0 saturated heterocycles. The standard InChI is InChI=1S/C13H27N3O4.ClH/c1-4-5-6-10(14)11(17)13(19)16-9(2)12(18)15-7-8-20-3;/h9-11,17H,4-8,14H2,1-3H3,(H,15,18)(H,16,19);1H/t9-,10-,11?;/m0./s1. The Bertz CT molecular complexity index is 305. The van der Waals surface area contributed by atoms with Gasteiger partial charge in [0.05, 0.1) is 6.61 Å². The summed E-state index contributed by atoms with van der Waals surface area (Å²) in [4.78, 5) is 23.4. The molecule has 0 spiro atoms. The Morgan fingerprint density at radius 3 is 2.48 bits per heavy atom. The average Bonchev–Trinajstić information content (AvgIpc) is 2.43. The Kier molecular flexibility index (Phi) is 13.7. The Balaban J connectivity index is 0. The summed E-state index contributed by atoms with van der Waals surface area (Å²) in [6.45, 7) is 4.32. The molecule has 0 aliphatic rings. The van der Waals surface area contributed by atoms with E-state index in [0.717, 1.165) is 12.8 Å². The van der Waals surface area contributed by atoms with Crippen LogP contribution in [-0.4, -0.2) is 55.4 Å². The molecule has 0 radical (unpaired) electrons. The van der Waals surface area contributed by atoms with E-state index < -0.39 is 24.1 Å². The fraction of sp³-hybridized carbons (Fsp3) is 0.846. The zero-order valence-electron chi connectivity index (χ0n) is 12.9. The Morgan fingerprint density at radius 2 is 1.95 bits per heavy atom. The maximum Gasteiger partial charge on any atom is 0.251 e. The molecule has 8 heteroatoms. The van der Waals surface area contributed by atoms with Crippen LogP contribution in [0.5, 0.6) is 0 Å². The van der Waals surface area contributed by atoms with Gasteiger partial charge in [-0.3, -0.25) is 9.59 Å². The molecule has 0 aromatic rings. The number of rotatable bonds is 10. The molecule has 0 saturated carbocycles. The normalized spacial score (nSPS) is 14.5. The van der Waals surface area contributed by atoms with Crippen molar-refractivity contribution in [2.75, 3.05) is 20.3 Å². The molecule has 2 amide bonds. The van der Waals surface area contributed by atoms with Crippen LogP contribution < -0.4 is 16.4 Å². The van der Waals surface area contributed by atoms with Crippen molar-refractivity contribution in [3.05, 3.63) is 0 Å². The minimum atomic E-state index is -1.30. The maximum atomic E-state index is 11.7. The number of halogens is 1. The number of amides is 2. The lowest BCUT2D eigenvalue weighted by Crippen LogP contribution is -2.52. The van der Waals surface area contributed by atoms with Gasteiger partial charge in [0, 0.05) is 19.7 Å². The maximum absolute atomic E-state index is 11.7. The molecule has 3 atom stereocenters. The number of aliphatic hydroxyl groups excluding tert-OH is 1. The summed E-state index contributed by atoms with van der Waals surface area (Å²) in [6.07, 6.45) is 1.06. The van der Waals surface area contributed by atoms with Crippen LogP contribution in [-0.2, 0) is 14.3 Å². The molecule has 0 aliphatic carbocycles. The first-order chi connectivity index (χ1) is 9.43. The topological polar surface area (TPSA) is 114 Å². The number of carbonyl (C=O) groups is 2. The largest absolute Gasteiger partial charge is 0.383 e. The van der Waals surface area contributed by atoms with Crippen molar-refractivity contribution in [3.8, 4) is 0 Å². The van der Waals surface area contributed by atoms with Gasteiger partial charge in [0.15, 0.2) is 0 Å². The minimum absolute atomic E-state index is 0. The van der Waals surface area contributed by atoms with E-state index in [1.165, 1.54) is 7.11 Å². The van der Waals surface area contributed by atoms with E-state index >= 15 is 0 Å². The van der Waals surface area contributed by atoms with E-state index in [9.17, 15) is 14.7 Å². The summed E-state index contributed by atoms with van der Waals surface area (Å²) in [5.41, 5.74) is 5.73. The Hall–Kier alpha value is -0.890. The molecule has 0 aliphatic heterocycles. The monoisotopic (exact) mass is 325 g/mol. The summed E-state index contributed by atoms with van der Waals surface area (Å²) < 4.78 is 4.80. The smallest absolute Gasteiger partial charge is 0.251 e. The van der Waals surface area contributed by atoms with Crippen molar-refractivity contribution in [2.45, 2.75) is 51.3 Å². The molecule has 0 aromatic heterocycles. The number of methoxy groups -OCH3 is 1. The van der Waals surface area contributed by atoms with Crippen LogP contribution in [0, 0.1) is 0 Å². The highest BCUT2D eigenvalue weighted by Crippen LogP contribution is 2.03. The Morgan fingerprint density at radius 1 is 1.33 bits per heavy atom. The predicted molar refractivity (Wildman–Crippen MR) is 83.2 cm³/mol. The number of aliphatic hydroxyl groups is 1. The quantitative estimate of drug-likeness (QED) is 0.406. The highest BCUT2D eigenvalue weighted by Gasteiger charge is 2.25. The van der Waals surface area contributed by atoms with Crippen LogP contribution in [0.15, 0.2) is 0 Å². The molecule has 5 N–H and O–H groups in total. The summed E-state index contributed by atoms with van der Waals surface area (Å²) >= 11 is 0. The minimum Gasteiger partial charge on any atom is -0.383 e. The molecule has 0 rings (SSSR count). The van der Waals surface area contributed by atoms with Crippen molar-refractivity contribution in [1.29, 1.82) is 0 Å². The second-order valence-corrected chi connectivity index (χ2v) is 4.77. The van der Waals surface area contributed by atoms with Crippen LogP contribution in [0.4, 0.5) is 0 Å². The van der Waals surface area contributed by atoms with E-state index in [2.05, 4.69) is 10.6 Å². The van der Waals surface area contributed by atoms with Gasteiger partial charge in [0.25, 0.3) is 5.91 Å². The molecular formula is C13H28ClN3O4. The molecule has 21 heavy (non-hydrogen) atoms. The third-order valence-corrected chi connectivity index (χ3v) is 2.92. The van der Waals surface area contributed by atoms with Gasteiger partial charge in [0.2, 0.25) is 5.91 Å². The summed E-state index contributed by atoms with van der Waals surface area (Å²) in [6, 6.07) is -1.34. The first kappa shape index (κ1) is 22.4. The second kappa shape index (κ2) is 12.8. The van der Waals surface area contributed by atoms with Gasteiger partial charge < -0.3 is 26.2 Å². The van der Waals surface area contributed by atoms with Crippen molar-refractivity contribution in [1.82, 2.24) is 10.6 Å². The van der Waals surface area contributed by atoms with Crippen LogP contribution in [0.1, 0.15) is 33.1 Å². The molecular weight excluding hydrogens is 298 g/mol. The highest BCUT2D eigenvalue weighted by molar-refractivity contribution is 5.89. The second-order valence-electron chi connectivity index (χ2n) is 4.77.